The predicted octanol–water partition coefficient (Wildman–Crippen LogP) is 0.512. The van der Waals surface area contributed by atoms with Crippen LogP contribution in [0.4, 0.5) is 5.95 Å². The van der Waals surface area contributed by atoms with Crippen LogP contribution >= 0.6 is 0 Å². The average Bonchev–Trinajstić information content (AvgIpc) is 3.04. The van der Waals surface area contributed by atoms with Crippen molar-refractivity contribution < 1.29 is 9.84 Å². The molecule has 3 heterocycles. The molecule has 3 rings (SSSR count). The molecule has 0 aromatic carbocycles. The van der Waals surface area contributed by atoms with Crippen molar-refractivity contribution in [1.29, 1.82) is 0 Å². The summed E-state index contributed by atoms with van der Waals surface area (Å²) in [5.41, 5.74) is 0.375. The highest BCUT2D eigenvalue weighted by Gasteiger charge is 2.27. The zero-order valence-corrected chi connectivity index (χ0v) is 11.0. The van der Waals surface area contributed by atoms with Gasteiger partial charge in [0.05, 0.1) is 19.0 Å². The third-order valence-corrected chi connectivity index (χ3v) is 3.27. The van der Waals surface area contributed by atoms with Crippen molar-refractivity contribution in [1.82, 2.24) is 19.5 Å². The maximum Gasteiger partial charge on any atom is 0.280 e. The summed E-state index contributed by atoms with van der Waals surface area (Å²) in [7, 11) is 0. The van der Waals surface area contributed by atoms with Crippen LogP contribution in [0.2, 0.25) is 0 Å². The molecule has 0 radical (unpaired) electrons. The molecule has 8 nitrogen and oxygen atoms in total. The third-order valence-electron chi connectivity index (χ3n) is 3.27. The predicted molar refractivity (Wildman–Crippen MR) is 72.2 cm³/mol. The van der Waals surface area contributed by atoms with Gasteiger partial charge < -0.3 is 9.84 Å². The molecule has 2 atom stereocenters. The summed E-state index contributed by atoms with van der Waals surface area (Å²) in [6, 6.07) is 0. The van der Waals surface area contributed by atoms with Gasteiger partial charge in [-0.3, -0.25) is 14.3 Å². The van der Waals surface area contributed by atoms with Crippen molar-refractivity contribution >= 4 is 23.3 Å². The Kier molecular flexibility index (Phi) is 3.33. The Morgan fingerprint density at radius 2 is 2.50 bits per heavy atom. The molecule has 1 aliphatic rings. The summed E-state index contributed by atoms with van der Waals surface area (Å²) < 4.78 is 7.40. The minimum absolute atomic E-state index is 0.0114. The van der Waals surface area contributed by atoms with Crippen LogP contribution in [0.25, 0.3) is 11.2 Å². The number of aliphatic hydroxyl groups excluding tert-OH is 1. The number of aliphatic imine (C=N–C) groups is 1. The third kappa shape index (κ3) is 2.12. The number of ether oxygens (including phenoxy) is 1. The zero-order chi connectivity index (χ0) is 14.1. The van der Waals surface area contributed by atoms with Crippen LogP contribution in [0.3, 0.4) is 0 Å². The van der Waals surface area contributed by atoms with Crippen molar-refractivity contribution in [3.63, 3.8) is 0 Å². The van der Waals surface area contributed by atoms with Crippen molar-refractivity contribution in [3.05, 3.63) is 16.7 Å². The Bertz CT molecular complexity index is 705. The number of hydrogen-bond acceptors (Lipinski definition) is 6. The van der Waals surface area contributed by atoms with Gasteiger partial charge in [-0.25, -0.2) is 9.98 Å². The average molecular weight is 277 g/mol. The number of rotatable bonds is 3. The quantitative estimate of drug-likeness (QED) is 0.795. The molecule has 1 aliphatic heterocycles. The number of H-pyrrole nitrogens is 1. The molecule has 0 aliphatic carbocycles. The second-order valence-electron chi connectivity index (χ2n) is 4.57. The van der Waals surface area contributed by atoms with Crippen LogP contribution in [0, 0.1) is 0 Å². The molecule has 1 saturated heterocycles. The van der Waals surface area contributed by atoms with E-state index < -0.39 is 0 Å². The Labute approximate surface area is 114 Å². The molecular weight excluding hydrogens is 262 g/mol. The molecule has 0 amide bonds. The summed E-state index contributed by atoms with van der Waals surface area (Å²) >= 11 is 0. The number of imidazole rings is 1. The molecule has 20 heavy (non-hydrogen) atoms. The van der Waals surface area contributed by atoms with Gasteiger partial charge in [0, 0.05) is 6.21 Å². The molecule has 106 valence electrons. The van der Waals surface area contributed by atoms with E-state index in [-0.39, 0.29) is 36.0 Å². The van der Waals surface area contributed by atoms with Crippen LogP contribution in [-0.4, -0.2) is 43.6 Å². The molecule has 0 unspecified atom stereocenters. The molecular formula is C12H15N5O3. The summed E-state index contributed by atoms with van der Waals surface area (Å²) in [5.74, 6) is 0.239. The number of aromatic amines is 1. The lowest BCUT2D eigenvalue weighted by Crippen LogP contribution is -2.15. The first-order chi connectivity index (χ1) is 9.72. The van der Waals surface area contributed by atoms with Crippen molar-refractivity contribution in [3.8, 4) is 0 Å². The molecule has 1 fully saturated rings. The fourth-order valence-corrected chi connectivity index (χ4v) is 2.33. The van der Waals surface area contributed by atoms with Crippen molar-refractivity contribution in [2.75, 3.05) is 6.61 Å². The fraction of sp³-hybridized carbons (Fsp3) is 0.500. The van der Waals surface area contributed by atoms with E-state index in [9.17, 15) is 4.79 Å². The molecule has 2 aromatic rings. The first kappa shape index (κ1) is 12.9. The minimum atomic E-state index is -0.328. The Morgan fingerprint density at radius 1 is 1.65 bits per heavy atom. The fourth-order valence-electron chi connectivity index (χ4n) is 2.33. The zero-order valence-electron chi connectivity index (χ0n) is 11.0. The number of aromatic nitrogens is 4. The Hall–Kier alpha value is -2.06. The van der Waals surface area contributed by atoms with E-state index in [4.69, 9.17) is 9.84 Å². The van der Waals surface area contributed by atoms with Gasteiger partial charge in [0.15, 0.2) is 11.2 Å². The number of nitrogens with zero attached hydrogens (tertiary/aromatic N) is 4. The van der Waals surface area contributed by atoms with E-state index in [0.717, 1.165) is 12.8 Å². The summed E-state index contributed by atoms with van der Waals surface area (Å²) in [6.07, 6.45) is 4.18. The summed E-state index contributed by atoms with van der Waals surface area (Å²) in [5, 5.41) is 9.11. The Morgan fingerprint density at radius 3 is 3.20 bits per heavy atom. The van der Waals surface area contributed by atoms with E-state index in [2.05, 4.69) is 19.9 Å². The lowest BCUT2D eigenvalue weighted by Gasteiger charge is -2.13. The lowest BCUT2D eigenvalue weighted by atomic mass is 10.2. The first-order valence-corrected chi connectivity index (χ1v) is 6.44. The van der Waals surface area contributed by atoms with Gasteiger partial charge in [0.1, 0.15) is 6.23 Å². The first-order valence-electron chi connectivity index (χ1n) is 6.44. The van der Waals surface area contributed by atoms with Crippen LogP contribution < -0.4 is 5.56 Å². The van der Waals surface area contributed by atoms with E-state index in [1.165, 1.54) is 6.33 Å². The number of aliphatic hydroxyl groups is 1. The normalized spacial score (nSPS) is 23.1. The van der Waals surface area contributed by atoms with Crippen molar-refractivity contribution in [2.24, 2.45) is 4.99 Å². The van der Waals surface area contributed by atoms with Gasteiger partial charge in [0.25, 0.3) is 5.56 Å². The van der Waals surface area contributed by atoms with Gasteiger partial charge in [-0.15, -0.1) is 0 Å². The van der Waals surface area contributed by atoms with E-state index >= 15 is 0 Å². The topological polar surface area (TPSA) is 105 Å². The molecule has 8 heteroatoms. The van der Waals surface area contributed by atoms with Crippen molar-refractivity contribution in [2.45, 2.75) is 32.1 Å². The van der Waals surface area contributed by atoms with Gasteiger partial charge in [0.2, 0.25) is 5.95 Å². The SMILES string of the molecule is CC=Nc1nc2c(ncn2[C@H]2CC[C@@H](CO)O2)c(=O)[nH]1. The second-order valence-corrected chi connectivity index (χ2v) is 4.57. The highest BCUT2D eigenvalue weighted by atomic mass is 16.5. The number of hydrogen-bond donors (Lipinski definition) is 2. The van der Waals surface area contributed by atoms with Gasteiger partial charge in [-0.2, -0.15) is 4.98 Å². The number of fused-ring (bicyclic) bond motifs is 1. The van der Waals surface area contributed by atoms with E-state index in [0.29, 0.717) is 5.65 Å². The largest absolute Gasteiger partial charge is 0.394 e. The van der Waals surface area contributed by atoms with Crippen LogP contribution in [0.15, 0.2) is 16.1 Å². The maximum atomic E-state index is 11.9. The standard InChI is InChI=1S/C12H15N5O3/c1-2-13-12-15-10-9(11(19)16-12)14-6-17(10)8-4-3-7(5-18)20-8/h2,6-8,18H,3-5H2,1H3,(H,15,16,19)/t7-,8+/m0/s1. The lowest BCUT2D eigenvalue weighted by molar-refractivity contribution is -0.0207. The maximum absolute atomic E-state index is 11.9. The van der Waals surface area contributed by atoms with Gasteiger partial charge >= 0.3 is 0 Å². The monoisotopic (exact) mass is 277 g/mol. The van der Waals surface area contributed by atoms with Gasteiger partial charge in [-0.05, 0) is 19.8 Å². The molecule has 0 bridgehead atoms. The summed E-state index contributed by atoms with van der Waals surface area (Å²) in [4.78, 5) is 26.8. The van der Waals surface area contributed by atoms with E-state index in [1.807, 2.05) is 0 Å². The minimum Gasteiger partial charge on any atom is -0.394 e. The highest BCUT2D eigenvalue weighted by molar-refractivity contribution is 5.71. The van der Waals surface area contributed by atoms with Crippen LogP contribution in [0.1, 0.15) is 26.0 Å². The molecule has 0 saturated carbocycles. The Balaban J connectivity index is 2.06. The molecule has 2 N–H and O–H groups in total. The molecule has 2 aromatic heterocycles. The second kappa shape index (κ2) is 5.14. The van der Waals surface area contributed by atoms with Gasteiger partial charge in [-0.1, -0.05) is 0 Å². The number of nitrogens with one attached hydrogen (secondary N) is 1. The van der Waals surface area contributed by atoms with E-state index in [1.54, 1.807) is 17.7 Å². The smallest absolute Gasteiger partial charge is 0.280 e. The highest BCUT2D eigenvalue weighted by Crippen LogP contribution is 2.29. The summed E-state index contributed by atoms with van der Waals surface area (Å²) in [6.45, 7) is 1.73. The van der Waals surface area contributed by atoms with Crippen LogP contribution in [0.5, 0.6) is 0 Å². The molecule has 0 spiro atoms. The van der Waals surface area contributed by atoms with Crippen LogP contribution in [-0.2, 0) is 4.74 Å².